The monoisotopic (exact) mass is 188 g/mol. The molecule has 0 aliphatic carbocycles. The van der Waals surface area contributed by atoms with Crippen molar-refractivity contribution in [1.29, 1.82) is 0 Å². The summed E-state index contributed by atoms with van der Waals surface area (Å²) >= 11 is 0. The van der Waals surface area contributed by atoms with E-state index in [1.807, 2.05) is 0 Å². The van der Waals surface area contributed by atoms with Crippen LogP contribution in [-0.2, 0) is 4.57 Å². The summed E-state index contributed by atoms with van der Waals surface area (Å²) in [5.74, 6) is 0. The normalized spacial score (nSPS) is 17.5. The van der Waals surface area contributed by atoms with E-state index >= 15 is 0 Å². The van der Waals surface area contributed by atoms with E-state index < -0.39 is 25.3 Å². The van der Waals surface area contributed by atoms with E-state index in [9.17, 15) is 17.7 Å². The number of alkyl halides is 3. The van der Waals surface area contributed by atoms with E-state index in [4.69, 9.17) is 4.89 Å². The first-order valence-electron chi connectivity index (χ1n) is 2.68. The van der Waals surface area contributed by atoms with E-state index in [2.05, 4.69) is 6.58 Å². The number of halogens is 3. The minimum atomic E-state index is -4.45. The SMILES string of the molecule is C=C(CC(F)(F)F)P(C)(=O)O. The Labute approximate surface area is 62.2 Å². The molecule has 0 rings (SSSR count). The molecular weight excluding hydrogens is 180 g/mol. The second kappa shape index (κ2) is 2.99. The van der Waals surface area contributed by atoms with Gasteiger partial charge < -0.3 is 4.89 Å². The molecule has 11 heavy (non-hydrogen) atoms. The van der Waals surface area contributed by atoms with Crippen LogP contribution in [0.5, 0.6) is 0 Å². The molecular formula is C5H8F3O2P. The van der Waals surface area contributed by atoms with Crippen molar-refractivity contribution in [3.8, 4) is 0 Å². The largest absolute Gasteiger partial charge is 0.393 e. The van der Waals surface area contributed by atoms with E-state index in [1.54, 1.807) is 0 Å². The van der Waals surface area contributed by atoms with Crippen molar-refractivity contribution in [2.24, 2.45) is 0 Å². The lowest BCUT2D eigenvalue weighted by molar-refractivity contribution is -0.125. The molecule has 2 nitrogen and oxygen atoms in total. The Morgan fingerprint density at radius 2 is 2.00 bits per heavy atom. The molecule has 0 aliphatic heterocycles. The summed E-state index contributed by atoms with van der Waals surface area (Å²) in [4.78, 5) is 8.61. The second-order valence-corrected chi connectivity index (χ2v) is 4.63. The van der Waals surface area contributed by atoms with Gasteiger partial charge in [-0.15, -0.1) is 0 Å². The molecule has 0 aromatic rings. The molecule has 0 aromatic carbocycles. The van der Waals surface area contributed by atoms with Crippen LogP contribution in [0.4, 0.5) is 13.2 Å². The highest BCUT2D eigenvalue weighted by molar-refractivity contribution is 7.61. The van der Waals surface area contributed by atoms with Crippen molar-refractivity contribution in [2.75, 3.05) is 6.66 Å². The molecule has 0 saturated heterocycles. The van der Waals surface area contributed by atoms with Gasteiger partial charge in [0.25, 0.3) is 0 Å². The predicted octanol–water partition coefficient (Wildman–Crippen LogP) is 2.35. The molecule has 0 saturated carbocycles. The van der Waals surface area contributed by atoms with Gasteiger partial charge in [-0.3, -0.25) is 4.57 Å². The molecule has 1 N–H and O–H groups in total. The van der Waals surface area contributed by atoms with Crippen LogP contribution in [0.3, 0.4) is 0 Å². The fourth-order valence-electron chi connectivity index (χ4n) is 0.378. The topological polar surface area (TPSA) is 37.3 Å². The van der Waals surface area contributed by atoms with Crippen molar-refractivity contribution < 1.29 is 22.6 Å². The third-order valence-corrected chi connectivity index (χ3v) is 2.32. The molecule has 1 atom stereocenters. The molecule has 0 heterocycles. The Kier molecular flexibility index (Phi) is 2.91. The first-order chi connectivity index (χ1) is 4.63. The lowest BCUT2D eigenvalue weighted by atomic mass is 10.4. The Morgan fingerprint density at radius 1 is 1.64 bits per heavy atom. The molecule has 66 valence electrons. The molecule has 0 spiro atoms. The average molecular weight is 188 g/mol. The number of allylic oxidation sites excluding steroid dienone is 1. The zero-order valence-corrected chi connectivity index (χ0v) is 6.75. The molecule has 0 aliphatic rings. The van der Waals surface area contributed by atoms with Gasteiger partial charge in [0.15, 0.2) is 0 Å². The van der Waals surface area contributed by atoms with Crippen LogP contribution in [0, 0.1) is 0 Å². The van der Waals surface area contributed by atoms with E-state index in [-0.39, 0.29) is 0 Å². The summed E-state index contributed by atoms with van der Waals surface area (Å²) in [5, 5.41) is -0.662. The quantitative estimate of drug-likeness (QED) is 0.675. The van der Waals surface area contributed by atoms with E-state index in [0.29, 0.717) is 0 Å². The van der Waals surface area contributed by atoms with Crippen LogP contribution in [0.1, 0.15) is 6.42 Å². The fraction of sp³-hybridized carbons (Fsp3) is 0.600. The highest BCUT2D eigenvalue weighted by Crippen LogP contribution is 2.48. The Morgan fingerprint density at radius 3 is 2.09 bits per heavy atom. The maximum absolute atomic E-state index is 11.5. The summed E-state index contributed by atoms with van der Waals surface area (Å²) in [6.07, 6.45) is -5.84. The maximum atomic E-state index is 11.5. The second-order valence-electron chi connectivity index (χ2n) is 2.24. The summed E-state index contributed by atoms with van der Waals surface area (Å²) in [7, 11) is -3.77. The maximum Gasteiger partial charge on any atom is 0.393 e. The van der Waals surface area contributed by atoms with Crippen molar-refractivity contribution in [2.45, 2.75) is 12.6 Å². The minimum absolute atomic E-state index is 0.662. The van der Waals surface area contributed by atoms with Crippen molar-refractivity contribution in [3.63, 3.8) is 0 Å². The van der Waals surface area contributed by atoms with Crippen LogP contribution in [-0.4, -0.2) is 17.7 Å². The minimum Gasteiger partial charge on any atom is -0.341 e. The highest BCUT2D eigenvalue weighted by atomic mass is 31.2. The third kappa shape index (κ3) is 5.04. The van der Waals surface area contributed by atoms with Crippen LogP contribution < -0.4 is 0 Å². The standard InChI is InChI=1S/C5H8F3O2P/c1-4(11(2,9)10)3-5(6,7)8/h1,3H2,2H3,(H,9,10). The first kappa shape index (κ1) is 10.7. The number of hydrogen-bond donors (Lipinski definition) is 1. The summed E-state index contributed by atoms with van der Waals surface area (Å²) < 4.78 is 45.2. The first-order valence-corrected chi connectivity index (χ1v) is 4.79. The van der Waals surface area contributed by atoms with Gasteiger partial charge in [-0.2, -0.15) is 13.2 Å². The van der Waals surface area contributed by atoms with Gasteiger partial charge in [-0.05, 0) is 0 Å². The third-order valence-electron chi connectivity index (χ3n) is 0.991. The van der Waals surface area contributed by atoms with Gasteiger partial charge in [0.05, 0.1) is 6.42 Å². The zero-order chi connectivity index (χ0) is 9.28. The Balaban J connectivity index is 4.23. The number of rotatable bonds is 2. The molecule has 6 heteroatoms. The highest BCUT2D eigenvalue weighted by Gasteiger charge is 2.32. The molecule has 0 aromatic heterocycles. The van der Waals surface area contributed by atoms with Gasteiger partial charge in [0.1, 0.15) is 0 Å². The van der Waals surface area contributed by atoms with E-state index in [0.717, 1.165) is 6.66 Å². The molecule has 0 fully saturated rings. The van der Waals surface area contributed by atoms with Crippen molar-refractivity contribution >= 4 is 7.37 Å². The summed E-state index contributed by atoms with van der Waals surface area (Å²) in [6, 6.07) is 0. The Hall–Kier alpha value is -0.280. The van der Waals surface area contributed by atoms with Gasteiger partial charge in [0.2, 0.25) is 7.37 Å². The zero-order valence-electron chi connectivity index (χ0n) is 5.85. The van der Waals surface area contributed by atoms with Crippen LogP contribution in [0.2, 0.25) is 0 Å². The Bertz CT molecular complexity index is 202. The molecule has 0 bridgehead atoms. The van der Waals surface area contributed by atoms with Gasteiger partial charge in [-0.25, -0.2) is 0 Å². The predicted molar refractivity (Wildman–Crippen MR) is 35.6 cm³/mol. The molecule has 0 radical (unpaired) electrons. The summed E-state index contributed by atoms with van der Waals surface area (Å²) in [5.41, 5.74) is 0. The van der Waals surface area contributed by atoms with Gasteiger partial charge >= 0.3 is 6.18 Å². The van der Waals surface area contributed by atoms with Crippen LogP contribution in [0.25, 0.3) is 0 Å². The van der Waals surface area contributed by atoms with E-state index in [1.165, 1.54) is 0 Å². The average Bonchev–Trinajstić information content (AvgIpc) is 1.56. The molecule has 1 unspecified atom stereocenters. The smallest absolute Gasteiger partial charge is 0.341 e. The van der Waals surface area contributed by atoms with Gasteiger partial charge in [0, 0.05) is 12.0 Å². The van der Waals surface area contributed by atoms with Crippen molar-refractivity contribution in [1.82, 2.24) is 0 Å². The lowest BCUT2D eigenvalue weighted by Crippen LogP contribution is -2.07. The van der Waals surface area contributed by atoms with Crippen LogP contribution >= 0.6 is 7.37 Å². The fourth-order valence-corrected chi connectivity index (χ4v) is 0.851. The van der Waals surface area contributed by atoms with Gasteiger partial charge in [-0.1, -0.05) is 6.58 Å². The van der Waals surface area contributed by atoms with Crippen LogP contribution in [0.15, 0.2) is 11.9 Å². The van der Waals surface area contributed by atoms with Crippen molar-refractivity contribution in [3.05, 3.63) is 11.9 Å². The molecule has 0 amide bonds. The number of hydrogen-bond acceptors (Lipinski definition) is 1. The summed E-state index contributed by atoms with van der Waals surface area (Å²) in [6.45, 7) is 3.71. The lowest BCUT2D eigenvalue weighted by Gasteiger charge is -2.10.